The highest BCUT2D eigenvalue weighted by Gasteiger charge is 2.41. The summed E-state index contributed by atoms with van der Waals surface area (Å²) in [5.41, 5.74) is -0.288. The fourth-order valence-corrected chi connectivity index (χ4v) is 1.58. The molecule has 0 aliphatic carbocycles. The Morgan fingerprint density at radius 3 is 2.56 bits per heavy atom. The van der Waals surface area contributed by atoms with E-state index in [1.54, 1.807) is 13.0 Å². The average molecular weight is 299 g/mol. The fraction of sp³-hybridized carbons (Fsp3) is 0.400. The summed E-state index contributed by atoms with van der Waals surface area (Å²) in [5, 5.41) is 9.16. The second-order valence-electron chi connectivity index (χ2n) is 3.06. The molecule has 0 saturated carbocycles. The molecule has 2 nitrogen and oxygen atoms in total. The minimum absolute atomic E-state index is 0.0375. The van der Waals surface area contributed by atoms with Crippen LogP contribution >= 0.6 is 15.9 Å². The Balaban J connectivity index is 3.14. The Bertz CT molecular complexity index is 366. The number of ether oxygens (including phenoxy) is 1. The van der Waals surface area contributed by atoms with E-state index in [1.165, 1.54) is 12.1 Å². The number of hydrogen-bond acceptors (Lipinski definition) is 2. The van der Waals surface area contributed by atoms with Crippen molar-refractivity contribution in [1.29, 1.82) is 0 Å². The second-order valence-corrected chi connectivity index (χ2v) is 3.97. The highest BCUT2D eigenvalue weighted by molar-refractivity contribution is 9.10. The first-order chi connectivity index (χ1) is 7.36. The van der Waals surface area contributed by atoms with Crippen LogP contribution in [0, 0.1) is 0 Å². The minimum atomic E-state index is -4.70. The van der Waals surface area contributed by atoms with Crippen LogP contribution in [0.1, 0.15) is 18.6 Å². The summed E-state index contributed by atoms with van der Waals surface area (Å²) >= 11 is 3.05. The summed E-state index contributed by atoms with van der Waals surface area (Å²) < 4.78 is 42.6. The predicted molar refractivity (Wildman–Crippen MR) is 56.3 cm³/mol. The van der Waals surface area contributed by atoms with Crippen LogP contribution in [0.15, 0.2) is 22.7 Å². The summed E-state index contributed by atoms with van der Waals surface area (Å²) in [7, 11) is 0. The maximum Gasteiger partial charge on any atom is 0.418 e. The largest absolute Gasteiger partial charge is 0.493 e. The first kappa shape index (κ1) is 13.3. The molecule has 0 saturated heterocycles. The molecule has 0 bridgehead atoms. The number of hydrogen-bond donors (Lipinski definition) is 1. The first-order valence-corrected chi connectivity index (χ1v) is 5.32. The van der Waals surface area contributed by atoms with Crippen molar-refractivity contribution in [2.45, 2.75) is 19.2 Å². The van der Waals surface area contributed by atoms with Gasteiger partial charge in [-0.3, -0.25) is 0 Å². The summed E-state index contributed by atoms with van der Waals surface area (Å²) in [4.78, 5) is 0. The Morgan fingerprint density at radius 2 is 2.06 bits per heavy atom. The molecule has 1 atom stereocenters. The van der Waals surface area contributed by atoms with Crippen molar-refractivity contribution in [2.24, 2.45) is 0 Å². The van der Waals surface area contributed by atoms with Crippen LogP contribution in [0.25, 0.3) is 0 Å². The molecule has 0 fully saturated rings. The Labute approximate surface area is 99.2 Å². The Kier molecular flexibility index (Phi) is 4.21. The lowest BCUT2D eigenvalue weighted by Gasteiger charge is -2.18. The van der Waals surface area contributed by atoms with Crippen molar-refractivity contribution in [3.8, 4) is 5.75 Å². The van der Waals surface area contributed by atoms with E-state index in [2.05, 4.69) is 15.9 Å². The topological polar surface area (TPSA) is 29.5 Å². The van der Waals surface area contributed by atoms with Crippen molar-refractivity contribution in [2.75, 3.05) is 6.61 Å². The van der Waals surface area contributed by atoms with Gasteiger partial charge in [-0.05, 0) is 25.1 Å². The number of aliphatic hydroxyl groups is 1. The molecule has 1 aromatic rings. The van der Waals surface area contributed by atoms with Crippen molar-refractivity contribution >= 4 is 15.9 Å². The normalized spacial score (nSPS) is 13.6. The second kappa shape index (κ2) is 5.05. The SMILES string of the molecule is CCOc1ccc(Br)cc1C(O)C(F)(F)F. The smallest absolute Gasteiger partial charge is 0.418 e. The van der Waals surface area contributed by atoms with Crippen LogP contribution in [0.3, 0.4) is 0 Å². The summed E-state index contributed by atoms with van der Waals surface area (Å²) in [6.45, 7) is 1.89. The fourth-order valence-electron chi connectivity index (χ4n) is 1.20. The van der Waals surface area contributed by atoms with Gasteiger partial charge in [0, 0.05) is 10.0 Å². The van der Waals surface area contributed by atoms with Gasteiger partial charge < -0.3 is 9.84 Å². The van der Waals surface area contributed by atoms with Gasteiger partial charge >= 0.3 is 6.18 Å². The number of benzene rings is 1. The molecule has 16 heavy (non-hydrogen) atoms. The minimum Gasteiger partial charge on any atom is -0.493 e. The van der Waals surface area contributed by atoms with Crippen molar-refractivity contribution in [3.63, 3.8) is 0 Å². The van der Waals surface area contributed by atoms with Crippen LogP contribution in [-0.4, -0.2) is 17.9 Å². The molecule has 1 rings (SSSR count). The summed E-state index contributed by atoms with van der Waals surface area (Å²) in [6.07, 6.45) is -7.24. The molecule has 6 heteroatoms. The zero-order chi connectivity index (χ0) is 12.3. The van der Waals surface area contributed by atoms with Crippen molar-refractivity contribution in [1.82, 2.24) is 0 Å². The molecule has 90 valence electrons. The predicted octanol–water partition coefficient (Wildman–Crippen LogP) is 3.44. The van der Waals surface area contributed by atoms with Gasteiger partial charge in [-0.2, -0.15) is 13.2 Å². The van der Waals surface area contributed by atoms with Gasteiger partial charge in [0.05, 0.1) is 6.61 Å². The zero-order valence-corrected chi connectivity index (χ0v) is 9.97. The molecular formula is C10H10BrF3O2. The molecule has 1 aromatic carbocycles. The monoisotopic (exact) mass is 298 g/mol. The van der Waals surface area contributed by atoms with Gasteiger partial charge in [-0.1, -0.05) is 15.9 Å². The third-order valence-electron chi connectivity index (χ3n) is 1.88. The Morgan fingerprint density at radius 1 is 1.44 bits per heavy atom. The van der Waals surface area contributed by atoms with Crippen molar-refractivity contribution < 1.29 is 23.0 Å². The number of halogens is 4. The number of aliphatic hydroxyl groups excluding tert-OH is 1. The van der Waals surface area contributed by atoms with E-state index in [0.717, 1.165) is 0 Å². The molecule has 0 aliphatic rings. The van der Waals surface area contributed by atoms with Gasteiger partial charge in [-0.15, -0.1) is 0 Å². The van der Waals surface area contributed by atoms with Crippen molar-refractivity contribution in [3.05, 3.63) is 28.2 Å². The lowest BCUT2D eigenvalue weighted by molar-refractivity contribution is -0.207. The van der Waals surface area contributed by atoms with Crippen LogP contribution in [-0.2, 0) is 0 Å². The standard InChI is InChI=1S/C10H10BrF3O2/c1-2-16-8-4-3-6(11)5-7(8)9(15)10(12,13)14/h3-5,9,15H,2H2,1H3. The Hall–Kier alpha value is -0.750. The lowest BCUT2D eigenvalue weighted by Crippen LogP contribution is -2.21. The van der Waals surface area contributed by atoms with E-state index in [-0.39, 0.29) is 17.9 Å². The van der Waals surface area contributed by atoms with Gasteiger partial charge in [-0.25, -0.2) is 0 Å². The maximum absolute atomic E-state index is 12.4. The third kappa shape index (κ3) is 3.12. The molecule has 1 unspecified atom stereocenters. The van der Waals surface area contributed by atoms with Crippen LogP contribution < -0.4 is 4.74 Å². The van der Waals surface area contributed by atoms with E-state index in [0.29, 0.717) is 4.47 Å². The number of alkyl halides is 3. The average Bonchev–Trinajstić information content (AvgIpc) is 2.18. The van der Waals surface area contributed by atoms with E-state index in [9.17, 15) is 13.2 Å². The molecular weight excluding hydrogens is 289 g/mol. The molecule has 0 aliphatic heterocycles. The van der Waals surface area contributed by atoms with Crippen LogP contribution in [0.5, 0.6) is 5.75 Å². The molecule has 0 aromatic heterocycles. The zero-order valence-electron chi connectivity index (χ0n) is 8.38. The van der Waals surface area contributed by atoms with Gasteiger partial charge in [0.15, 0.2) is 6.10 Å². The van der Waals surface area contributed by atoms with Gasteiger partial charge in [0.2, 0.25) is 0 Å². The van der Waals surface area contributed by atoms with Gasteiger partial charge in [0.25, 0.3) is 0 Å². The van der Waals surface area contributed by atoms with E-state index in [1.807, 2.05) is 0 Å². The van der Waals surface area contributed by atoms with E-state index < -0.39 is 12.3 Å². The van der Waals surface area contributed by atoms with E-state index >= 15 is 0 Å². The number of rotatable bonds is 3. The molecule has 1 N–H and O–H groups in total. The quantitative estimate of drug-likeness (QED) is 0.926. The van der Waals surface area contributed by atoms with Crippen LogP contribution in [0.2, 0.25) is 0 Å². The molecule has 0 radical (unpaired) electrons. The molecule has 0 spiro atoms. The van der Waals surface area contributed by atoms with E-state index in [4.69, 9.17) is 9.84 Å². The first-order valence-electron chi connectivity index (χ1n) is 4.53. The van der Waals surface area contributed by atoms with Crippen LogP contribution in [0.4, 0.5) is 13.2 Å². The highest BCUT2D eigenvalue weighted by Crippen LogP contribution is 2.38. The van der Waals surface area contributed by atoms with Gasteiger partial charge in [0.1, 0.15) is 5.75 Å². The molecule has 0 amide bonds. The lowest BCUT2D eigenvalue weighted by atomic mass is 10.1. The maximum atomic E-state index is 12.4. The highest BCUT2D eigenvalue weighted by atomic mass is 79.9. The molecule has 0 heterocycles. The summed E-state index contributed by atoms with van der Waals surface area (Å²) in [6, 6.07) is 4.14. The summed E-state index contributed by atoms with van der Waals surface area (Å²) in [5.74, 6) is 0.0375. The third-order valence-corrected chi connectivity index (χ3v) is 2.37.